The third-order valence-corrected chi connectivity index (χ3v) is 6.38. The average molecular weight is 496 g/mol. The lowest BCUT2D eigenvalue weighted by Crippen LogP contribution is -2.36. The maximum Gasteiger partial charge on any atom is 0.303 e. The first-order valence-electron chi connectivity index (χ1n) is 11.8. The van der Waals surface area contributed by atoms with E-state index in [9.17, 15) is 23.2 Å². The van der Waals surface area contributed by atoms with E-state index in [0.717, 1.165) is 22.9 Å². The molecule has 4 rings (SSSR count). The van der Waals surface area contributed by atoms with Crippen molar-refractivity contribution in [3.05, 3.63) is 77.4 Å². The monoisotopic (exact) mass is 495 g/mol. The Labute approximate surface area is 207 Å². The topological polar surface area (TPSA) is 98.7 Å². The largest absolute Gasteiger partial charge is 0.481 e. The zero-order valence-corrected chi connectivity index (χ0v) is 19.6. The normalized spacial score (nSPS) is 14.0. The molecule has 7 nitrogen and oxygen atoms in total. The molecular formula is C27H27F2N3O4. The summed E-state index contributed by atoms with van der Waals surface area (Å²) < 4.78 is 29.5. The Balaban J connectivity index is 1.29. The van der Waals surface area contributed by atoms with E-state index in [1.54, 1.807) is 17.0 Å². The highest BCUT2D eigenvalue weighted by atomic mass is 19.1. The molecule has 36 heavy (non-hydrogen) atoms. The molecule has 0 aromatic heterocycles. The van der Waals surface area contributed by atoms with Crippen molar-refractivity contribution in [1.29, 1.82) is 0 Å². The molecule has 0 unspecified atom stereocenters. The molecule has 3 aromatic rings. The first kappa shape index (κ1) is 25.1. The number of piperidine rings is 1. The van der Waals surface area contributed by atoms with Crippen molar-refractivity contribution >= 4 is 34.2 Å². The Kier molecular flexibility index (Phi) is 7.77. The Hall–Kier alpha value is -4.01. The van der Waals surface area contributed by atoms with Crippen molar-refractivity contribution in [3.63, 3.8) is 0 Å². The minimum atomic E-state index is -0.880. The van der Waals surface area contributed by atoms with Crippen molar-refractivity contribution in [1.82, 2.24) is 10.6 Å². The van der Waals surface area contributed by atoms with Gasteiger partial charge in [-0.15, -0.1) is 0 Å². The molecule has 0 atom stereocenters. The SMILES string of the molecule is O=C(O)CC1CCN(c2c(F)cc(C(=O)NCCNC(=O)c3ccc4ccccc4c3)cc2F)CC1. The Morgan fingerprint density at radius 1 is 0.833 bits per heavy atom. The van der Waals surface area contributed by atoms with Crippen LogP contribution in [0.5, 0.6) is 0 Å². The van der Waals surface area contributed by atoms with Gasteiger partial charge >= 0.3 is 5.97 Å². The number of hydrogen-bond acceptors (Lipinski definition) is 4. The van der Waals surface area contributed by atoms with Gasteiger partial charge in [0.1, 0.15) is 17.3 Å². The predicted molar refractivity (Wildman–Crippen MR) is 132 cm³/mol. The van der Waals surface area contributed by atoms with Crippen molar-refractivity contribution in [2.75, 3.05) is 31.1 Å². The molecule has 0 bridgehead atoms. The molecule has 0 spiro atoms. The van der Waals surface area contributed by atoms with E-state index in [0.29, 0.717) is 31.5 Å². The molecule has 9 heteroatoms. The van der Waals surface area contributed by atoms with E-state index in [-0.39, 0.29) is 42.6 Å². The highest BCUT2D eigenvalue weighted by Crippen LogP contribution is 2.30. The van der Waals surface area contributed by atoms with Gasteiger partial charge in [-0.1, -0.05) is 30.3 Å². The zero-order valence-electron chi connectivity index (χ0n) is 19.6. The lowest BCUT2D eigenvalue weighted by atomic mass is 9.93. The van der Waals surface area contributed by atoms with Crippen LogP contribution in [0.1, 0.15) is 40.0 Å². The van der Waals surface area contributed by atoms with Gasteiger partial charge in [0.05, 0.1) is 0 Å². The number of benzene rings is 3. The summed E-state index contributed by atoms with van der Waals surface area (Å²) in [5.41, 5.74) is 0.130. The van der Waals surface area contributed by atoms with Gasteiger partial charge in [-0.2, -0.15) is 0 Å². The summed E-state index contributed by atoms with van der Waals surface area (Å²) in [6.45, 7) is 0.911. The minimum Gasteiger partial charge on any atom is -0.481 e. The van der Waals surface area contributed by atoms with Crippen LogP contribution in [0.4, 0.5) is 14.5 Å². The highest BCUT2D eigenvalue weighted by Gasteiger charge is 2.26. The fraction of sp³-hybridized carbons (Fsp3) is 0.296. The molecule has 1 aliphatic rings. The molecule has 3 aromatic carbocycles. The van der Waals surface area contributed by atoms with Crippen molar-refractivity contribution in [3.8, 4) is 0 Å². The smallest absolute Gasteiger partial charge is 0.303 e. The molecule has 1 fully saturated rings. The number of anilines is 1. The second kappa shape index (κ2) is 11.2. The van der Waals surface area contributed by atoms with E-state index in [4.69, 9.17) is 5.11 Å². The standard InChI is InChI=1S/C27H27F2N3O4/c28-22-15-21(16-23(29)25(22)32-11-7-17(8-12-32)13-24(33)34)27(36)31-10-9-30-26(35)20-6-5-18-3-1-2-4-19(18)14-20/h1-6,14-17H,7-13H2,(H,30,35)(H,31,36)(H,33,34). The zero-order chi connectivity index (χ0) is 25.7. The predicted octanol–water partition coefficient (Wildman–Crippen LogP) is 3.97. The number of amides is 2. The quantitative estimate of drug-likeness (QED) is 0.411. The third-order valence-electron chi connectivity index (χ3n) is 6.38. The Bertz CT molecular complexity index is 1270. The fourth-order valence-electron chi connectivity index (χ4n) is 4.49. The summed E-state index contributed by atoms with van der Waals surface area (Å²) in [6.07, 6.45) is 1.09. The summed E-state index contributed by atoms with van der Waals surface area (Å²) in [5, 5.41) is 16.2. The number of nitrogens with zero attached hydrogens (tertiary/aromatic N) is 1. The molecule has 1 saturated heterocycles. The van der Waals surface area contributed by atoms with Gasteiger partial charge in [-0.05, 0) is 53.8 Å². The number of carbonyl (C=O) groups excluding carboxylic acids is 2. The van der Waals surface area contributed by atoms with Gasteiger partial charge in [0.25, 0.3) is 11.8 Å². The van der Waals surface area contributed by atoms with Gasteiger partial charge in [0.15, 0.2) is 0 Å². The maximum atomic E-state index is 14.7. The van der Waals surface area contributed by atoms with Crippen LogP contribution in [0.25, 0.3) is 10.8 Å². The molecule has 1 aliphatic heterocycles. The number of fused-ring (bicyclic) bond motifs is 1. The van der Waals surface area contributed by atoms with Crippen LogP contribution in [0.3, 0.4) is 0 Å². The van der Waals surface area contributed by atoms with Crippen LogP contribution in [0.2, 0.25) is 0 Å². The summed E-state index contributed by atoms with van der Waals surface area (Å²) in [6, 6.07) is 15.0. The number of carboxylic acids is 1. The molecule has 188 valence electrons. The van der Waals surface area contributed by atoms with Crippen LogP contribution >= 0.6 is 0 Å². The lowest BCUT2D eigenvalue weighted by molar-refractivity contribution is -0.138. The van der Waals surface area contributed by atoms with Crippen LogP contribution in [-0.2, 0) is 4.79 Å². The second-order valence-electron chi connectivity index (χ2n) is 8.89. The average Bonchev–Trinajstić information content (AvgIpc) is 2.86. The Morgan fingerprint density at radius 2 is 1.42 bits per heavy atom. The Morgan fingerprint density at radius 3 is 2.03 bits per heavy atom. The van der Waals surface area contributed by atoms with Gasteiger partial charge in [0.2, 0.25) is 0 Å². The van der Waals surface area contributed by atoms with Crippen molar-refractivity contribution in [2.45, 2.75) is 19.3 Å². The number of rotatable bonds is 8. The molecular weight excluding hydrogens is 468 g/mol. The summed E-state index contributed by atoms with van der Waals surface area (Å²) in [4.78, 5) is 37.2. The van der Waals surface area contributed by atoms with E-state index in [1.165, 1.54) is 0 Å². The molecule has 0 saturated carbocycles. The number of aliphatic carboxylic acids is 1. The number of nitrogens with one attached hydrogen (secondary N) is 2. The van der Waals surface area contributed by atoms with Crippen LogP contribution in [0.15, 0.2) is 54.6 Å². The highest BCUT2D eigenvalue weighted by molar-refractivity contribution is 5.98. The maximum absolute atomic E-state index is 14.7. The number of halogens is 2. The van der Waals surface area contributed by atoms with E-state index < -0.39 is 23.5 Å². The minimum absolute atomic E-state index is 0.0170. The van der Waals surface area contributed by atoms with Gasteiger partial charge in [-0.25, -0.2) is 8.78 Å². The molecule has 0 aliphatic carbocycles. The number of carbonyl (C=O) groups is 3. The van der Waals surface area contributed by atoms with E-state index in [2.05, 4.69) is 10.6 Å². The molecule has 0 radical (unpaired) electrons. The van der Waals surface area contributed by atoms with Crippen molar-refractivity contribution in [2.24, 2.45) is 5.92 Å². The number of hydrogen-bond donors (Lipinski definition) is 3. The first-order chi connectivity index (χ1) is 17.3. The number of carboxylic acid groups (broad SMARTS) is 1. The van der Waals surface area contributed by atoms with E-state index in [1.807, 2.05) is 30.3 Å². The van der Waals surface area contributed by atoms with Crippen LogP contribution in [-0.4, -0.2) is 49.1 Å². The summed E-state index contributed by atoms with van der Waals surface area (Å²) in [5.74, 6) is -3.53. The van der Waals surface area contributed by atoms with Crippen LogP contribution < -0.4 is 15.5 Å². The van der Waals surface area contributed by atoms with Crippen LogP contribution in [0, 0.1) is 17.6 Å². The van der Waals surface area contributed by atoms with Gasteiger partial charge in [-0.3, -0.25) is 14.4 Å². The van der Waals surface area contributed by atoms with E-state index >= 15 is 0 Å². The fourth-order valence-corrected chi connectivity index (χ4v) is 4.49. The summed E-state index contributed by atoms with van der Waals surface area (Å²) in [7, 11) is 0. The second-order valence-corrected chi connectivity index (χ2v) is 8.89. The molecule has 1 heterocycles. The third kappa shape index (κ3) is 5.97. The molecule has 3 N–H and O–H groups in total. The first-order valence-corrected chi connectivity index (χ1v) is 11.8. The van der Waals surface area contributed by atoms with Gasteiger partial charge < -0.3 is 20.6 Å². The summed E-state index contributed by atoms with van der Waals surface area (Å²) >= 11 is 0. The van der Waals surface area contributed by atoms with Crippen molar-refractivity contribution < 1.29 is 28.3 Å². The molecule has 2 amide bonds. The lowest BCUT2D eigenvalue weighted by Gasteiger charge is -2.33. The van der Waals surface area contributed by atoms with Gasteiger partial charge in [0, 0.05) is 43.7 Å².